The topological polar surface area (TPSA) is 55.4 Å². The third kappa shape index (κ3) is 1.93. The first-order chi connectivity index (χ1) is 5.96. The normalized spacial score (nSPS) is 27.5. The molecule has 13 heavy (non-hydrogen) atoms. The lowest BCUT2D eigenvalue weighted by Gasteiger charge is -2.20. The number of ether oxygens (including phenoxy) is 1. The Bertz CT molecular complexity index is 244. The minimum Gasteiger partial charge on any atom is -0.464 e. The molecular weight excluding hydrogens is 184 g/mol. The van der Waals surface area contributed by atoms with Gasteiger partial charge in [0.1, 0.15) is 5.54 Å². The summed E-state index contributed by atoms with van der Waals surface area (Å²) in [7, 11) is 0. The van der Waals surface area contributed by atoms with E-state index in [0.717, 1.165) is 0 Å². The van der Waals surface area contributed by atoms with Crippen molar-refractivity contribution in [3.63, 3.8) is 0 Å². The van der Waals surface area contributed by atoms with Crippen LogP contribution in [0.2, 0.25) is 0 Å². The molecule has 4 nitrogen and oxygen atoms in total. The van der Waals surface area contributed by atoms with Crippen LogP contribution in [0, 0.1) is 0 Å². The van der Waals surface area contributed by atoms with E-state index in [4.69, 9.17) is 0 Å². The number of rotatable bonds is 2. The van der Waals surface area contributed by atoms with Crippen molar-refractivity contribution in [2.45, 2.75) is 25.3 Å². The lowest BCUT2D eigenvalue weighted by Crippen LogP contribution is -2.51. The van der Waals surface area contributed by atoms with Crippen molar-refractivity contribution in [3.05, 3.63) is 0 Å². The average Bonchev–Trinajstić information content (AvgIpc) is 2.32. The van der Waals surface area contributed by atoms with Crippen molar-refractivity contribution in [2.75, 3.05) is 6.61 Å². The summed E-state index contributed by atoms with van der Waals surface area (Å²) in [4.78, 5) is 21.6. The number of cyclic esters (lactones) is 1. The summed E-state index contributed by atoms with van der Waals surface area (Å²) in [6.45, 7) is 1.52. The molecule has 0 aliphatic carbocycles. The Morgan fingerprint density at radius 3 is 2.69 bits per heavy atom. The van der Waals surface area contributed by atoms with Crippen molar-refractivity contribution >= 4 is 11.9 Å². The molecule has 0 aromatic carbocycles. The molecule has 1 aliphatic rings. The van der Waals surface area contributed by atoms with Crippen molar-refractivity contribution in [1.29, 1.82) is 0 Å². The zero-order valence-electron chi connectivity index (χ0n) is 6.97. The predicted octanol–water partition coefficient (Wildman–Crippen LogP) is 0.0733. The fourth-order valence-electron chi connectivity index (χ4n) is 1.05. The molecule has 1 heterocycles. The second-order valence-corrected chi connectivity index (χ2v) is 3.01. The van der Waals surface area contributed by atoms with E-state index < -0.39 is 23.8 Å². The van der Waals surface area contributed by atoms with Gasteiger partial charge in [-0.25, -0.2) is 4.79 Å². The van der Waals surface area contributed by atoms with Gasteiger partial charge < -0.3 is 10.1 Å². The highest BCUT2D eigenvalue weighted by atomic mass is 19.3. The molecule has 1 atom stereocenters. The SMILES string of the molecule is CC1(NC(=O)C(F)F)CCOC1=O. The fraction of sp³-hybridized carbons (Fsp3) is 0.714. The number of carbonyl (C=O) groups excluding carboxylic acids is 2. The first-order valence-electron chi connectivity index (χ1n) is 3.73. The van der Waals surface area contributed by atoms with Crippen molar-refractivity contribution < 1.29 is 23.1 Å². The molecule has 1 aliphatic heterocycles. The average molecular weight is 193 g/mol. The molecule has 0 aromatic heterocycles. The van der Waals surface area contributed by atoms with Gasteiger partial charge >= 0.3 is 12.4 Å². The third-order valence-corrected chi connectivity index (χ3v) is 1.88. The van der Waals surface area contributed by atoms with Crippen LogP contribution in [0.25, 0.3) is 0 Å². The highest BCUT2D eigenvalue weighted by Gasteiger charge is 2.42. The number of alkyl halides is 2. The van der Waals surface area contributed by atoms with Crippen molar-refractivity contribution in [1.82, 2.24) is 5.32 Å². The zero-order valence-corrected chi connectivity index (χ0v) is 6.97. The van der Waals surface area contributed by atoms with E-state index >= 15 is 0 Å². The quantitative estimate of drug-likeness (QED) is 0.631. The number of amides is 1. The summed E-state index contributed by atoms with van der Waals surface area (Å²) in [5, 5.41) is 1.94. The van der Waals surface area contributed by atoms with Crippen LogP contribution in [0.1, 0.15) is 13.3 Å². The van der Waals surface area contributed by atoms with Gasteiger partial charge in [-0.3, -0.25) is 4.79 Å². The summed E-state index contributed by atoms with van der Waals surface area (Å²) in [6, 6.07) is 0. The lowest BCUT2D eigenvalue weighted by molar-refractivity contribution is -0.147. The first kappa shape index (κ1) is 9.88. The molecule has 0 radical (unpaired) electrons. The summed E-state index contributed by atoms with van der Waals surface area (Å²) in [5.74, 6) is -2.11. The van der Waals surface area contributed by atoms with Crippen LogP contribution < -0.4 is 5.32 Å². The molecule has 0 bridgehead atoms. The monoisotopic (exact) mass is 193 g/mol. The van der Waals surface area contributed by atoms with Crippen LogP contribution in [0.5, 0.6) is 0 Å². The number of hydrogen-bond donors (Lipinski definition) is 1. The van der Waals surface area contributed by atoms with Crippen LogP contribution >= 0.6 is 0 Å². The number of hydrogen-bond acceptors (Lipinski definition) is 3. The third-order valence-electron chi connectivity index (χ3n) is 1.88. The van der Waals surface area contributed by atoms with E-state index in [0.29, 0.717) is 0 Å². The van der Waals surface area contributed by atoms with E-state index in [1.807, 2.05) is 5.32 Å². The second kappa shape index (κ2) is 3.27. The van der Waals surface area contributed by atoms with Crippen LogP contribution in [-0.4, -0.2) is 30.4 Å². The van der Waals surface area contributed by atoms with Gasteiger partial charge in [-0.05, 0) is 6.92 Å². The molecule has 0 saturated carbocycles. The standard InChI is InChI=1S/C7H9F2NO3/c1-7(2-3-13-6(7)12)10-5(11)4(8)9/h4H,2-3H2,1H3,(H,10,11). The fourth-order valence-corrected chi connectivity index (χ4v) is 1.05. The smallest absolute Gasteiger partial charge is 0.331 e. The summed E-state index contributed by atoms with van der Waals surface area (Å²) in [5.41, 5.74) is -1.28. The van der Waals surface area contributed by atoms with Crippen LogP contribution in [0.3, 0.4) is 0 Å². The second-order valence-electron chi connectivity index (χ2n) is 3.01. The van der Waals surface area contributed by atoms with Gasteiger partial charge in [0.2, 0.25) is 0 Å². The first-order valence-corrected chi connectivity index (χ1v) is 3.73. The number of nitrogens with one attached hydrogen (secondary N) is 1. The van der Waals surface area contributed by atoms with E-state index in [2.05, 4.69) is 4.74 Å². The molecule has 1 saturated heterocycles. The molecule has 74 valence electrons. The van der Waals surface area contributed by atoms with Gasteiger partial charge in [0.05, 0.1) is 6.61 Å². The molecule has 0 spiro atoms. The highest BCUT2D eigenvalue weighted by molar-refractivity contribution is 5.89. The minimum atomic E-state index is -3.11. The van der Waals surface area contributed by atoms with E-state index in [9.17, 15) is 18.4 Å². The maximum Gasteiger partial charge on any atom is 0.331 e. The summed E-state index contributed by atoms with van der Waals surface area (Å²) < 4.78 is 28.2. The Labute approximate surface area is 73.2 Å². The van der Waals surface area contributed by atoms with Gasteiger partial charge in [-0.1, -0.05) is 0 Å². The summed E-state index contributed by atoms with van der Waals surface area (Å²) in [6.07, 6.45) is -2.88. The van der Waals surface area contributed by atoms with Gasteiger partial charge in [0.25, 0.3) is 5.91 Å². The van der Waals surface area contributed by atoms with Gasteiger partial charge in [-0.15, -0.1) is 0 Å². The molecule has 1 unspecified atom stereocenters. The molecule has 1 fully saturated rings. The molecular formula is C7H9F2NO3. The lowest BCUT2D eigenvalue weighted by atomic mass is 10.0. The van der Waals surface area contributed by atoms with Gasteiger partial charge in [-0.2, -0.15) is 8.78 Å². The Morgan fingerprint density at radius 2 is 2.31 bits per heavy atom. The Balaban J connectivity index is 2.61. The Kier molecular flexibility index (Phi) is 2.49. The Morgan fingerprint density at radius 1 is 1.69 bits per heavy atom. The molecule has 1 rings (SSSR count). The van der Waals surface area contributed by atoms with Crippen LogP contribution in [0.4, 0.5) is 8.78 Å². The predicted molar refractivity (Wildman–Crippen MR) is 38.1 cm³/mol. The Hall–Kier alpha value is -1.20. The van der Waals surface area contributed by atoms with E-state index in [1.165, 1.54) is 6.92 Å². The molecule has 0 aromatic rings. The van der Waals surface area contributed by atoms with Crippen LogP contribution in [-0.2, 0) is 14.3 Å². The zero-order chi connectivity index (χ0) is 10.1. The molecule has 6 heteroatoms. The van der Waals surface area contributed by atoms with Gasteiger partial charge in [0.15, 0.2) is 0 Å². The molecule has 1 amide bonds. The maximum atomic E-state index is 11.8. The number of halogens is 2. The highest BCUT2D eigenvalue weighted by Crippen LogP contribution is 2.19. The summed E-state index contributed by atoms with van der Waals surface area (Å²) >= 11 is 0. The minimum absolute atomic E-state index is 0.152. The largest absolute Gasteiger partial charge is 0.464 e. The number of esters is 1. The molecule has 1 N–H and O–H groups in total. The van der Waals surface area contributed by atoms with Crippen molar-refractivity contribution in [3.8, 4) is 0 Å². The van der Waals surface area contributed by atoms with E-state index in [-0.39, 0.29) is 13.0 Å². The van der Waals surface area contributed by atoms with Crippen molar-refractivity contribution in [2.24, 2.45) is 0 Å². The van der Waals surface area contributed by atoms with E-state index in [1.54, 1.807) is 0 Å². The maximum absolute atomic E-state index is 11.8. The number of carbonyl (C=O) groups is 2. The van der Waals surface area contributed by atoms with Gasteiger partial charge in [0, 0.05) is 6.42 Å². The van der Waals surface area contributed by atoms with Crippen LogP contribution in [0.15, 0.2) is 0 Å².